The quantitative estimate of drug-likeness (QED) is 0.142. The molecule has 1 aliphatic rings. The van der Waals surface area contributed by atoms with E-state index >= 15 is 0 Å². The molecular weight excluding hydrogens is 518 g/mol. The molecule has 4 rings (SSSR count). The molecule has 0 amide bonds. The van der Waals surface area contributed by atoms with Crippen LogP contribution in [0, 0.1) is 17.1 Å². The van der Waals surface area contributed by atoms with Gasteiger partial charge >= 0.3 is 18.3 Å². The van der Waals surface area contributed by atoms with Gasteiger partial charge in [-0.1, -0.05) is 30.3 Å². The lowest BCUT2D eigenvalue weighted by atomic mass is 9.96. The predicted octanol–water partition coefficient (Wildman–Crippen LogP) is 6.86. The third-order valence-corrected chi connectivity index (χ3v) is 5.60. The monoisotopic (exact) mass is 537 g/mol. The maximum Gasteiger partial charge on any atom is 0.572 e. The summed E-state index contributed by atoms with van der Waals surface area (Å²) in [6.07, 6.45) is -2.98. The number of carbonyl (C=O) groups is 2. The Kier molecular flexibility index (Phi) is 8.10. The van der Waals surface area contributed by atoms with E-state index in [0.717, 1.165) is 23.3 Å². The smallest absolute Gasteiger partial charge is 0.426 e. The predicted molar refractivity (Wildman–Crippen MR) is 131 cm³/mol. The molecule has 0 atom stereocenters. The zero-order chi connectivity index (χ0) is 28.0. The fraction of sp³-hybridized carbons (Fsp3) is 0.138. The number of hydrogen-bond donors (Lipinski definition) is 0. The molecule has 0 saturated carbocycles. The molecule has 0 spiro atoms. The van der Waals surface area contributed by atoms with Gasteiger partial charge in [0.05, 0.1) is 11.6 Å². The molecule has 0 unspecified atom stereocenters. The molecule has 39 heavy (non-hydrogen) atoms. The molecule has 0 N–H and O–H groups in total. The van der Waals surface area contributed by atoms with Crippen molar-refractivity contribution in [3.8, 4) is 28.7 Å². The first-order chi connectivity index (χ1) is 18.6. The second kappa shape index (κ2) is 11.6. The molecule has 1 aliphatic carbocycles. The average molecular weight is 537 g/mol. The molecule has 3 aromatic carbocycles. The number of nitrogens with zero attached hydrogens (tertiary/aromatic N) is 1. The lowest BCUT2D eigenvalue weighted by Crippen LogP contribution is -2.18. The molecule has 3 aromatic rings. The Morgan fingerprint density at radius 1 is 0.821 bits per heavy atom. The Balaban J connectivity index is 1.31. The number of ether oxygens (including phenoxy) is 3. The van der Waals surface area contributed by atoms with E-state index in [0.29, 0.717) is 11.1 Å². The van der Waals surface area contributed by atoms with Gasteiger partial charge in [0.15, 0.2) is 0 Å². The normalized spacial score (nSPS) is 13.0. The van der Waals surface area contributed by atoms with Crippen LogP contribution in [0.3, 0.4) is 0 Å². The molecular formula is C29H19F4NO5. The minimum absolute atomic E-state index is 0.0538. The van der Waals surface area contributed by atoms with Crippen LogP contribution >= 0.6 is 0 Å². The van der Waals surface area contributed by atoms with Crippen molar-refractivity contribution in [1.29, 1.82) is 5.26 Å². The van der Waals surface area contributed by atoms with Crippen LogP contribution < -0.4 is 9.47 Å². The molecule has 6 nitrogen and oxygen atoms in total. The van der Waals surface area contributed by atoms with Gasteiger partial charge in [-0.05, 0) is 65.6 Å². The van der Waals surface area contributed by atoms with Crippen molar-refractivity contribution in [2.45, 2.75) is 25.6 Å². The zero-order valence-corrected chi connectivity index (χ0v) is 20.1. The maximum absolute atomic E-state index is 14.6. The van der Waals surface area contributed by atoms with Gasteiger partial charge in [-0.25, -0.2) is 4.39 Å². The second-order valence-corrected chi connectivity index (χ2v) is 8.35. The van der Waals surface area contributed by atoms with E-state index in [9.17, 15) is 27.2 Å². The molecule has 10 heteroatoms. The van der Waals surface area contributed by atoms with E-state index in [1.165, 1.54) is 18.2 Å². The molecule has 0 radical (unpaired) electrons. The third kappa shape index (κ3) is 7.55. The summed E-state index contributed by atoms with van der Waals surface area (Å²) in [5.41, 5.74) is 2.82. The largest absolute Gasteiger partial charge is 0.572 e. The van der Waals surface area contributed by atoms with Crippen LogP contribution in [-0.2, 0) is 14.3 Å². The topological polar surface area (TPSA) is 85.6 Å². The molecule has 0 aliphatic heterocycles. The highest BCUT2D eigenvalue weighted by atomic mass is 19.4. The van der Waals surface area contributed by atoms with Crippen molar-refractivity contribution in [2.75, 3.05) is 0 Å². The Hall–Kier alpha value is -4.91. The number of benzene rings is 3. The molecule has 0 fully saturated rings. The van der Waals surface area contributed by atoms with Crippen LogP contribution in [0.1, 0.15) is 30.4 Å². The van der Waals surface area contributed by atoms with Crippen molar-refractivity contribution >= 4 is 17.5 Å². The van der Waals surface area contributed by atoms with Crippen molar-refractivity contribution in [3.05, 3.63) is 102 Å². The van der Waals surface area contributed by atoms with Crippen LogP contribution in [0.4, 0.5) is 17.6 Å². The summed E-state index contributed by atoms with van der Waals surface area (Å²) >= 11 is 0. The average Bonchev–Trinajstić information content (AvgIpc) is 2.89. The van der Waals surface area contributed by atoms with Gasteiger partial charge in [-0.15, -0.1) is 13.2 Å². The molecule has 0 saturated heterocycles. The maximum atomic E-state index is 14.6. The van der Waals surface area contributed by atoms with Gasteiger partial charge in [0, 0.05) is 18.1 Å². The van der Waals surface area contributed by atoms with Crippen LogP contribution in [0.25, 0.3) is 16.7 Å². The first kappa shape index (κ1) is 27.1. The number of allylic oxidation sites excluding steroid dienone is 4. The highest BCUT2D eigenvalue weighted by Gasteiger charge is 2.32. The van der Waals surface area contributed by atoms with Crippen LogP contribution in [0.5, 0.6) is 11.5 Å². The van der Waals surface area contributed by atoms with Crippen molar-refractivity contribution in [2.24, 2.45) is 0 Å². The van der Waals surface area contributed by atoms with Crippen LogP contribution in [-0.4, -0.2) is 18.3 Å². The first-order valence-electron chi connectivity index (χ1n) is 11.6. The van der Waals surface area contributed by atoms with Gasteiger partial charge in [0.25, 0.3) is 0 Å². The summed E-state index contributed by atoms with van der Waals surface area (Å²) in [7, 11) is 0. The lowest BCUT2D eigenvalue weighted by Gasteiger charge is -2.17. The van der Waals surface area contributed by atoms with Gasteiger partial charge in [-0.2, -0.15) is 5.26 Å². The zero-order valence-electron chi connectivity index (χ0n) is 20.1. The van der Waals surface area contributed by atoms with E-state index in [-0.39, 0.29) is 35.7 Å². The first-order valence-corrected chi connectivity index (χ1v) is 11.6. The Labute approximate surface area is 220 Å². The van der Waals surface area contributed by atoms with Gasteiger partial charge < -0.3 is 14.2 Å². The van der Waals surface area contributed by atoms with E-state index in [4.69, 9.17) is 14.7 Å². The minimum Gasteiger partial charge on any atom is -0.426 e. The number of esters is 2. The minimum atomic E-state index is -4.79. The number of rotatable bonds is 7. The van der Waals surface area contributed by atoms with Crippen molar-refractivity contribution < 1.29 is 41.4 Å². The van der Waals surface area contributed by atoms with Crippen LogP contribution in [0.2, 0.25) is 0 Å². The summed E-state index contributed by atoms with van der Waals surface area (Å²) < 4.78 is 65.7. The summed E-state index contributed by atoms with van der Waals surface area (Å²) in [5.74, 6) is -2.79. The fourth-order valence-electron chi connectivity index (χ4n) is 3.80. The third-order valence-electron chi connectivity index (χ3n) is 5.60. The van der Waals surface area contributed by atoms with Crippen LogP contribution in [0.15, 0.2) is 84.6 Å². The number of halogens is 4. The van der Waals surface area contributed by atoms with Gasteiger partial charge in [0.1, 0.15) is 29.5 Å². The molecule has 0 aromatic heterocycles. The molecule has 198 valence electrons. The number of nitriles is 1. The summed E-state index contributed by atoms with van der Waals surface area (Å²) in [6, 6.07) is 19.1. The number of alkyl halides is 3. The number of hydrogen-bond acceptors (Lipinski definition) is 6. The summed E-state index contributed by atoms with van der Waals surface area (Å²) in [6.45, 7) is 0. The SMILES string of the molecule is N#Cc1ccc(-c2ccc(OC(=O)CC(=O)Oc3ccc(C4=CC=C(OC(F)(F)F)CC4)c(F)c3)cc2)cc1. The van der Waals surface area contributed by atoms with E-state index in [1.54, 1.807) is 48.5 Å². The standard InChI is InChI=1S/C29H19F4NO5/c30-26-15-24(13-14-25(26)21-7-11-23(12-8-21)39-29(31,32)33)38-28(36)16-27(35)37-22-9-5-20(6-10-22)19-3-1-18(17-34)2-4-19/h1-7,9-11,13-15H,8,12,16H2. The van der Waals surface area contributed by atoms with E-state index in [2.05, 4.69) is 4.74 Å². The molecule has 0 heterocycles. The Morgan fingerprint density at radius 2 is 1.41 bits per heavy atom. The summed E-state index contributed by atoms with van der Waals surface area (Å²) in [4.78, 5) is 24.3. The molecule has 0 bridgehead atoms. The van der Waals surface area contributed by atoms with Gasteiger partial charge in [-0.3, -0.25) is 9.59 Å². The van der Waals surface area contributed by atoms with E-state index in [1.807, 2.05) is 6.07 Å². The van der Waals surface area contributed by atoms with E-state index < -0.39 is 30.5 Å². The lowest BCUT2D eigenvalue weighted by molar-refractivity contribution is -0.306. The Morgan fingerprint density at radius 3 is 1.95 bits per heavy atom. The van der Waals surface area contributed by atoms with Crippen molar-refractivity contribution in [3.63, 3.8) is 0 Å². The summed E-state index contributed by atoms with van der Waals surface area (Å²) in [5, 5.41) is 8.89. The van der Waals surface area contributed by atoms with Crippen molar-refractivity contribution in [1.82, 2.24) is 0 Å². The second-order valence-electron chi connectivity index (χ2n) is 8.35. The fourth-order valence-corrected chi connectivity index (χ4v) is 3.80. The highest BCUT2D eigenvalue weighted by molar-refractivity contribution is 5.93. The highest BCUT2D eigenvalue weighted by Crippen LogP contribution is 2.33. The Bertz CT molecular complexity index is 1480. The van der Waals surface area contributed by atoms with Gasteiger partial charge in [0.2, 0.25) is 0 Å². The number of carbonyl (C=O) groups excluding carboxylic acids is 2.